The van der Waals surface area contributed by atoms with Gasteiger partial charge in [0.05, 0.1) is 12.5 Å². The number of amides is 3. The van der Waals surface area contributed by atoms with Gasteiger partial charge in [0, 0.05) is 13.1 Å². The lowest BCUT2D eigenvalue weighted by Crippen LogP contribution is -2.56. The molecule has 32 heavy (non-hydrogen) atoms. The summed E-state index contributed by atoms with van der Waals surface area (Å²) in [4.78, 5) is 63.7. The summed E-state index contributed by atoms with van der Waals surface area (Å²) in [7, 11) is 0. The van der Waals surface area contributed by atoms with Crippen LogP contribution in [0.15, 0.2) is 0 Å². The number of hydrogen-bond acceptors (Lipinski definition) is 7. The first kappa shape index (κ1) is 25.5. The van der Waals surface area contributed by atoms with Crippen molar-refractivity contribution in [2.45, 2.75) is 75.5 Å². The van der Waals surface area contributed by atoms with Gasteiger partial charge < -0.3 is 36.8 Å². The fraction of sp³-hybridized carbons (Fsp3) is 0.750. The second-order valence-electron chi connectivity index (χ2n) is 8.27. The van der Waals surface area contributed by atoms with Crippen LogP contribution in [0.2, 0.25) is 0 Å². The maximum atomic E-state index is 13.2. The summed E-state index contributed by atoms with van der Waals surface area (Å²) in [6, 6.07) is -3.94. The van der Waals surface area contributed by atoms with Crippen molar-refractivity contribution in [2.75, 3.05) is 19.6 Å². The van der Waals surface area contributed by atoms with E-state index >= 15 is 0 Å². The van der Waals surface area contributed by atoms with Crippen LogP contribution >= 0.6 is 0 Å². The molecule has 0 aromatic heterocycles. The first-order chi connectivity index (χ1) is 15.2. The fourth-order valence-electron chi connectivity index (χ4n) is 4.29. The zero-order chi connectivity index (χ0) is 23.8. The Morgan fingerprint density at radius 1 is 0.969 bits per heavy atom. The number of nitrogens with zero attached hydrogens (tertiary/aromatic N) is 2. The molecule has 2 fully saturated rings. The number of rotatable bonds is 11. The minimum Gasteiger partial charge on any atom is -0.481 e. The lowest BCUT2D eigenvalue weighted by molar-refractivity contribution is -0.149. The summed E-state index contributed by atoms with van der Waals surface area (Å²) in [5, 5.41) is 20.8. The molecular weight excluding hydrogens is 422 g/mol. The Balaban J connectivity index is 2.05. The number of carbonyl (C=O) groups is 5. The van der Waals surface area contributed by atoms with Crippen molar-refractivity contribution in [1.82, 2.24) is 15.1 Å². The van der Waals surface area contributed by atoms with Crippen molar-refractivity contribution in [2.24, 2.45) is 11.5 Å². The van der Waals surface area contributed by atoms with Crippen LogP contribution in [0.4, 0.5) is 0 Å². The zero-order valence-electron chi connectivity index (χ0n) is 18.1. The first-order valence-corrected chi connectivity index (χ1v) is 11.0. The summed E-state index contributed by atoms with van der Waals surface area (Å²) < 4.78 is 0. The molecule has 2 aliphatic heterocycles. The average molecular weight is 456 g/mol. The standard InChI is InChI=1S/C20H33N5O7/c21-8-2-1-5-13(20(31)32)23-17(28)14-6-3-9-24(14)19(30)15-7-4-10-25(15)18(29)12(22)11-16(26)27/h12-15H,1-11,21-22H2,(H,23,28)(H,26,27)(H,31,32). The second kappa shape index (κ2) is 11.8. The van der Waals surface area contributed by atoms with Crippen LogP contribution in [-0.4, -0.2) is 93.5 Å². The quantitative estimate of drug-likeness (QED) is 0.229. The minimum atomic E-state index is -1.25. The van der Waals surface area contributed by atoms with Crippen LogP contribution in [0.5, 0.6) is 0 Å². The number of likely N-dealkylation sites (tertiary alicyclic amines) is 2. The van der Waals surface area contributed by atoms with Gasteiger partial charge in [-0.2, -0.15) is 0 Å². The van der Waals surface area contributed by atoms with Crippen LogP contribution in [0.1, 0.15) is 51.4 Å². The zero-order valence-corrected chi connectivity index (χ0v) is 18.1. The van der Waals surface area contributed by atoms with E-state index in [1.54, 1.807) is 0 Å². The van der Waals surface area contributed by atoms with E-state index < -0.39 is 60.2 Å². The van der Waals surface area contributed by atoms with Gasteiger partial charge in [0.2, 0.25) is 17.7 Å². The number of carboxylic acid groups (broad SMARTS) is 2. The summed E-state index contributed by atoms with van der Waals surface area (Å²) in [5.74, 6) is -3.88. The highest BCUT2D eigenvalue weighted by atomic mass is 16.4. The van der Waals surface area contributed by atoms with E-state index in [0.29, 0.717) is 51.6 Å². The molecule has 3 amide bonds. The molecule has 2 rings (SSSR count). The normalized spacial score (nSPS) is 22.4. The predicted molar refractivity (Wildman–Crippen MR) is 112 cm³/mol. The van der Waals surface area contributed by atoms with Crippen molar-refractivity contribution >= 4 is 29.7 Å². The van der Waals surface area contributed by atoms with E-state index in [0.717, 1.165) is 0 Å². The number of unbranched alkanes of at least 4 members (excludes halogenated alkanes) is 1. The minimum absolute atomic E-state index is 0.241. The molecular formula is C20H33N5O7. The topological polar surface area (TPSA) is 196 Å². The lowest BCUT2D eigenvalue weighted by Gasteiger charge is -2.32. The molecule has 0 saturated carbocycles. The van der Waals surface area contributed by atoms with E-state index in [1.165, 1.54) is 9.80 Å². The first-order valence-electron chi connectivity index (χ1n) is 11.0. The van der Waals surface area contributed by atoms with Crippen LogP contribution < -0.4 is 16.8 Å². The molecule has 0 bridgehead atoms. The fourth-order valence-corrected chi connectivity index (χ4v) is 4.29. The van der Waals surface area contributed by atoms with Gasteiger partial charge in [-0.3, -0.25) is 19.2 Å². The van der Waals surface area contributed by atoms with Crippen molar-refractivity contribution in [3.8, 4) is 0 Å². The van der Waals surface area contributed by atoms with E-state index in [4.69, 9.17) is 16.6 Å². The predicted octanol–water partition coefficient (Wildman–Crippen LogP) is -1.53. The van der Waals surface area contributed by atoms with E-state index in [1.807, 2.05) is 0 Å². The summed E-state index contributed by atoms with van der Waals surface area (Å²) in [6.45, 7) is 1.04. The van der Waals surface area contributed by atoms with Crippen LogP contribution in [0.25, 0.3) is 0 Å². The van der Waals surface area contributed by atoms with E-state index in [2.05, 4.69) is 5.32 Å². The Kier molecular flexibility index (Phi) is 9.39. The average Bonchev–Trinajstić information content (AvgIpc) is 3.41. The molecule has 0 aromatic rings. The Morgan fingerprint density at radius 2 is 1.59 bits per heavy atom. The van der Waals surface area contributed by atoms with Gasteiger partial charge in [0.1, 0.15) is 18.1 Å². The smallest absolute Gasteiger partial charge is 0.326 e. The number of carbonyl (C=O) groups excluding carboxylic acids is 3. The van der Waals surface area contributed by atoms with Gasteiger partial charge in [-0.05, 0) is 51.5 Å². The summed E-state index contributed by atoms with van der Waals surface area (Å²) >= 11 is 0. The number of aliphatic carboxylic acids is 2. The number of nitrogens with two attached hydrogens (primary N) is 2. The molecule has 0 aromatic carbocycles. The van der Waals surface area contributed by atoms with Crippen molar-refractivity contribution in [3.05, 3.63) is 0 Å². The monoisotopic (exact) mass is 455 g/mol. The SMILES string of the molecule is NCCCCC(NC(=O)C1CCCN1C(=O)C1CCCN1C(=O)C(N)CC(=O)O)C(=O)O. The van der Waals surface area contributed by atoms with Gasteiger partial charge in [-0.1, -0.05) is 0 Å². The van der Waals surface area contributed by atoms with Crippen molar-refractivity contribution in [3.63, 3.8) is 0 Å². The highest BCUT2D eigenvalue weighted by molar-refractivity contribution is 5.95. The van der Waals surface area contributed by atoms with Crippen LogP contribution in [0, 0.1) is 0 Å². The molecule has 12 nitrogen and oxygen atoms in total. The van der Waals surface area contributed by atoms with Crippen LogP contribution in [0.3, 0.4) is 0 Å². The Bertz CT molecular complexity index is 731. The molecule has 0 radical (unpaired) electrons. The summed E-state index contributed by atoms with van der Waals surface area (Å²) in [5.41, 5.74) is 11.1. The third kappa shape index (κ3) is 6.39. The Morgan fingerprint density at radius 3 is 2.19 bits per heavy atom. The van der Waals surface area contributed by atoms with Gasteiger partial charge in [-0.15, -0.1) is 0 Å². The highest BCUT2D eigenvalue weighted by Gasteiger charge is 2.43. The number of carboxylic acids is 2. The Hall–Kier alpha value is -2.73. The molecule has 0 spiro atoms. The molecule has 4 unspecified atom stereocenters. The van der Waals surface area contributed by atoms with Crippen molar-refractivity contribution in [1.29, 1.82) is 0 Å². The highest BCUT2D eigenvalue weighted by Crippen LogP contribution is 2.26. The maximum absolute atomic E-state index is 13.2. The second-order valence-corrected chi connectivity index (χ2v) is 8.27. The number of hydrogen-bond donors (Lipinski definition) is 5. The molecule has 180 valence electrons. The van der Waals surface area contributed by atoms with Crippen LogP contribution in [-0.2, 0) is 24.0 Å². The number of nitrogens with one attached hydrogen (secondary N) is 1. The van der Waals surface area contributed by atoms with Gasteiger partial charge in [-0.25, -0.2) is 4.79 Å². The maximum Gasteiger partial charge on any atom is 0.326 e. The largest absolute Gasteiger partial charge is 0.481 e. The molecule has 12 heteroatoms. The molecule has 2 saturated heterocycles. The third-order valence-electron chi connectivity index (χ3n) is 5.93. The van der Waals surface area contributed by atoms with Crippen molar-refractivity contribution < 1.29 is 34.2 Å². The molecule has 0 aliphatic carbocycles. The Labute approximate surface area is 186 Å². The molecule has 7 N–H and O–H groups in total. The molecule has 2 aliphatic rings. The summed E-state index contributed by atoms with van der Waals surface area (Å²) in [6.07, 6.45) is 2.83. The van der Waals surface area contributed by atoms with E-state index in [-0.39, 0.29) is 13.0 Å². The molecule has 2 heterocycles. The van der Waals surface area contributed by atoms with E-state index in [9.17, 15) is 29.1 Å². The molecule has 4 atom stereocenters. The third-order valence-corrected chi connectivity index (χ3v) is 5.93. The van der Waals surface area contributed by atoms with Gasteiger partial charge >= 0.3 is 11.9 Å². The van der Waals surface area contributed by atoms with Gasteiger partial charge in [0.15, 0.2) is 0 Å². The van der Waals surface area contributed by atoms with Gasteiger partial charge in [0.25, 0.3) is 0 Å². The lowest BCUT2D eigenvalue weighted by atomic mass is 10.1.